The van der Waals surface area contributed by atoms with Gasteiger partial charge in [-0.25, -0.2) is 0 Å². The fourth-order valence-corrected chi connectivity index (χ4v) is 2.77. The van der Waals surface area contributed by atoms with Crippen molar-refractivity contribution < 1.29 is 4.79 Å². The largest absolute Gasteiger partial charge is 0.335 e. The summed E-state index contributed by atoms with van der Waals surface area (Å²) in [5.41, 5.74) is 1.37. The molecule has 0 fully saturated rings. The number of carbonyl (C=O) groups is 1. The van der Waals surface area contributed by atoms with Gasteiger partial charge in [0, 0.05) is 17.3 Å². The van der Waals surface area contributed by atoms with Crippen LogP contribution >= 0.6 is 11.3 Å². The zero-order valence-corrected chi connectivity index (χ0v) is 11.3. The van der Waals surface area contributed by atoms with Gasteiger partial charge in [-0.15, -0.1) is 11.3 Å². The normalized spacial score (nSPS) is 10.8. The molecular formula is C14H13N3OS. The third-order valence-corrected chi connectivity index (χ3v) is 3.85. The summed E-state index contributed by atoms with van der Waals surface area (Å²) in [5.74, 6) is -0.0640. The third-order valence-electron chi connectivity index (χ3n) is 2.99. The molecule has 0 spiro atoms. The highest BCUT2D eigenvalue weighted by atomic mass is 32.1. The van der Waals surface area contributed by atoms with Crippen molar-refractivity contribution in [3.05, 3.63) is 52.3 Å². The average molecular weight is 271 g/mol. The standard InChI is InChI=1S/C14H13N3OS/c1-17(9-10-5-4-8-19-10)14(18)13-11-6-2-3-7-12(11)15-16-13/h2-8H,9H2,1H3,(H,15,16). The van der Waals surface area contributed by atoms with Gasteiger partial charge >= 0.3 is 0 Å². The molecule has 19 heavy (non-hydrogen) atoms. The predicted octanol–water partition coefficient (Wildman–Crippen LogP) is 2.90. The quantitative estimate of drug-likeness (QED) is 0.796. The van der Waals surface area contributed by atoms with Crippen LogP contribution in [0.3, 0.4) is 0 Å². The zero-order valence-electron chi connectivity index (χ0n) is 10.5. The van der Waals surface area contributed by atoms with Gasteiger partial charge in [-0.05, 0) is 17.5 Å². The smallest absolute Gasteiger partial charge is 0.275 e. The number of nitrogens with zero attached hydrogens (tertiary/aromatic N) is 2. The van der Waals surface area contributed by atoms with Crippen molar-refractivity contribution in [2.75, 3.05) is 7.05 Å². The summed E-state index contributed by atoms with van der Waals surface area (Å²) < 4.78 is 0. The molecule has 0 bridgehead atoms. The molecule has 0 aliphatic heterocycles. The van der Waals surface area contributed by atoms with Gasteiger partial charge in [0.1, 0.15) is 0 Å². The Morgan fingerprint density at radius 1 is 1.32 bits per heavy atom. The van der Waals surface area contributed by atoms with E-state index in [1.54, 1.807) is 23.3 Å². The van der Waals surface area contributed by atoms with Gasteiger partial charge in [0.25, 0.3) is 5.91 Å². The van der Waals surface area contributed by atoms with E-state index in [2.05, 4.69) is 10.2 Å². The van der Waals surface area contributed by atoms with Crippen molar-refractivity contribution in [3.63, 3.8) is 0 Å². The van der Waals surface area contributed by atoms with Crippen molar-refractivity contribution in [1.29, 1.82) is 0 Å². The minimum absolute atomic E-state index is 0.0640. The maximum atomic E-state index is 12.4. The lowest BCUT2D eigenvalue weighted by atomic mass is 10.2. The van der Waals surface area contributed by atoms with E-state index in [9.17, 15) is 4.79 Å². The Hall–Kier alpha value is -2.14. The van der Waals surface area contributed by atoms with Crippen LogP contribution in [0.2, 0.25) is 0 Å². The first-order valence-electron chi connectivity index (χ1n) is 5.96. The SMILES string of the molecule is CN(Cc1cccs1)C(=O)c1n[nH]c2ccccc12. The van der Waals surface area contributed by atoms with Crippen LogP contribution in [0, 0.1) is 0 Å². The van der Waals surface area contributed by atoms with Crippen LogP contribution in [0.4, 0.5) is 0 Å². The minimum atomic E-state index is -0.0640. The van der Waals surface area contributed by atoms with Gasteiger partial charge in [0.2, 0.25) is 0 Å². The van der Waals surface area contributed by atoms with Gasteiger partial charge in [-0.3, -0.25) is 9.89 Å². The summed E-state index contributed by atoms with van der Waals surface area (Å²) in [6.45, 7) is 0.609. The highest BCUT2D eigenvalue weighted by Gasteiger charge is 2.18. The lowest BCUT2D eigenvalue weighted by Crippen LogP contribution is -2.26. The molecule has 96 valence electrons. The van der Waals surface area contributed by atoms with Gasteiger partial charge in [0.05, 0.1) is 12.1 Å². The van der Waals surface area contributed by atoms with E-state index in [0.29, 0.717) is 12.2 Å². The predicted molar refractivity (Wildman–Crippen MR) is 76.2 cm³/mol. The number of rotatable bonds is 3. The highest BCUT2D eigenvalue weighted by Crippen LogP contribution is 2.18. The minimum Gasteiger partial charge on any atom is -0.335 e. The molecule has 2 aromatic heterocycles. The van der Waals surface area contributed by atoms with Crippen LogP contribution in [0.1, 0.15) is 15.4 Å². The Labute approximate surface area is 114 Å². The maximum absolute atomic E-state index is 12.4. The molecule has 5 heteroatoms. The Balaban J connectivity index is 1.87. The molecule has 3 rings (SSSR count). The number of amides is 1. The maximum Gasteiger partial charge on any atom is 0.275 e. The number of fused-ring (bicyclic) bond motifs is 1. The molecule has 1 N–H and O–H groups in total. The Bertz CT molecular complexity index is 702. The number of hydrogen-bond acceptors (Lipinski definition) is 3. The lowest BCUT2D eigenvalue weighted by Gasteiger charge is -2.14. The molecule has 0 aliphatic rings. The van der Waals surface area contributed by atoms with Gasteiger partial charge in [-0.1, -0.05) is 24.3 Å². The summed E-state index contributed by atoms with van der Waals surface area (Å²) in [5, 5.41) is 9.90. The van der Waals surface area contributed by atoms with E-state index in [4.69, 9.17) is 0 Å². The molecule has 2 heterocycles. The van der Waals surface area contributed by atoms with Crippen molar-refractivity contribution in [1.82, 2.24) is 15.1 Å². The molecule has 0 unspecified atom stereocenters. The van der Waals surface area contributed by atoms with E-state index in [1.807, 2.05) is 41.8 Å². The van der Waals surface area contributed by atoms with Gasteiger partial charge in [0.15, 0.2) is 5.69 Å². The van der Waals surface area contributed by atoms with E-state index in [0.717, 1.165) is 15.8 Å². The number of H-pyrrole nitrogens is 1. The number of benzene rings is 1. The number of aromatic amines is 1. The van der Waals surface area contributed by atoms with Crippen molar-refractivity contribution in [2.24, 2.45) is 0 Å². The molecule has 0 aliphatic carbocycles. The first-order chi connectivity index (χ1) is 9.25. The number of hydrogen-bond donors (Lipinski definition) is 1. The summed E-state index contributed by atoms with van der Waals surface area (Å²) in [7, 11) is 1.80. The molecule has 4 nitrogen and oxygen atoms in total. The molecule has 1 aromatic carbocycles. The fourth-order valence-electron chi connectivity index (χ4n) is 2.02. The van der Waals surface area contributed by atoms with Gasteiger partial charge < -0.3 is 4.90 Å². The van der Waals surface area contributed by atoms with Crippen LogP contribution in [0.25, 0.3) is 10.9 Å². The molecule has 0 saturated heterocycles. The Kier molecular flexibility index (Phi) is 3.05. The lowest BCUT2D eigenvalue weighted by molar-refractivity contribution is 0.0782. The fraction of sp³-hybridized carbons (Fsp3) is 0.143. The topological polar surface area (TPSA) is 49.0 Å². The van der Waals surface area contributed by atoms with Crippen LogP contribution in [0.15, 0.2) is 41.8 Å². The molecule has 0 saturated carbocycles. The number of para-hydroxylation sites is 1. The van der Waals surface area contributed by atoms with E-state index < -0.39 is 0 Å². The second-order valence-electron chi connectivity index (χ2n) is 4.36. The van der Waals surface area contributed by atoms with Crippen molar-refractivity contribution in [3.8, 4) is 0 Å². The van der Waals surface area contributed by atoms with E-state index >= 15 is 0 Å². The molecule has 0 radical (unpaired) electrons. The summed E-state index contributed by atoms with van der Waals surface area (Å²) in [6.07, 6.45) is 0. The van der Waals surface area contributed by atoms with Crippen LogP contribution in [0.5, 0.6) is 0 Å². The first-order valence-corrected chi connectivity index (χ1v) is 6.84. The third kappa shape index (κ3) is 2.24. The second-order valence-corrected chi connectivity index (χ2v) is 5.39. The monoisotopic (exact) mass is 271 g/mol. The number of aromatic nitrogens is 2. The van der Waals surface area contributed by atoms with Crippen molar-refractivity contribution >= 4 is 28.1 Å². The zero-order chi connectivity index (χ0) is 13.2. The molecule has 0 atom stereocenters. The number of carbonyl (C=O) groups excluding carboxylic acids is 1. The average Bonchev–Trinajstić information content (AvgIpc) is 3.06. The Morgan fingerprint density at radius 2 is 2.16 bits per heavy atom. The van der Waals surface area contributed by atoms with Crippen LogP contribution < -0.4 is 0 Å². The Morgan fingerprint density at radius 3 is 2.95 bits per heavy atom. The van der Waals surface area contributed by atoms with Crippen LogP contribution in [-0.2, 0) is 6.54 Å². The number of thiophene rings is 1. The number of nitrogens with one attached hydrogen (secondary N) is 1. The van der Waals surface area contributed by atoms with Crippen LogP contribution in [-0.4, -0.2) is 28.1 Å². The second kappa shape index (κ2) is 4.85. The molecular weight excluding hydrogens is 258 g/mol. The summed E-state index contributed by atoms with van der Waals surface area (Å²) in [4.78, 5) is 15.2. The van der Waals surface area contributed by atoms with E-state index in [-0.39, 0.29) is 5.91 Å². The first kappa shape index (κ1) is 11.9. The molecule has 3 aromatic rings. The highest BCUT2D eigenvalue weighted by molar-refractivity contribution is 7.09. The molecule has 1 amide bonds. The summed E-state index contributed by atoms with van der Waals surface area (Å²) >= 11 is 1.65. The van der Waals surface area contributed by atoms with E-state index in [1.165, 1.54) is 0 Å². The van der Waals surface area contributed by atoms with Gasteiger partial charge in [-0.2, -0.15) is 5.10 Å². The van der Waals surface area contributed by atoms with Crippen molar-refractivity contribution in [2.45, 2.75) is 6.54 Å². The summed E-state index contributed by atoms with van der Waals surface area (Å²) in [6, 6.07) is 11.7.